The zero-order valence-corrected chi connectivity index (χ0v) is 14.9. The number of carbonyl (C=O) groups is 2. The number of nitrogens with one attached hydrogen (secondary N) is 1. The van der Waals surface area contributed by atoms with Crippen LogP contribution in [0.5, 0.6) is 0 Å². The van der Waals surface area contributed by atoms with Crippen LogP contribution >= 0.6 is 11.6 Å². The van der Waals surface area contributed by atoms with Crippen LogP contribution in [0.3, 0.4) is 0 Å². The van der Waals surface area contributed by atoms with E-state index in [1.54, 1.807) is 30.9 Å². The first-order valence-electron chi connectivity index (χ1n) is 8.01. The van der Waals surface area contributed by atoms with Crippen molar-refractivity contribution >= 4 is 35.6 Å². The van der Waals surface area contributed by atoms with E-state index in [4.69, 9.17) is 22.1 Å². The van der Waals surface area contributed by atoms with Gasteiger partial charge in [-0.05, 0) is 19.9 Å². The van der Waals surface area contributed by atoms with Gasteiger partial charge in [0.15, 0.2) is 11.4 Å². The van der Waals surface area contributed by atoms with E-state index >= 15 is 0 Å². The number of nitrogens with zero attached hydrogens (tertiary/aromatic N) is 4. The molecule has 0 radical (unpaired) electrons. The van der Waals surface area contributed by atoms with E-state index in [-0.39, 0.29) is 16.6 Å². The molecule has 10 heteroatoms. The maximum Gasteiger partial charge on any atom is 0.276 e. The van der Waals surface area contributed by atoms with Crippen molar-refractivity contribution in [2.45, 2.75) is 31.7 Å². The molecule has 2 unspecified atom stereocenters. The fourth-order valence-electron chi connectivity index (χ4n) is 3.91. The lowest BCUT2D eigenvalue weighted by molar-refractivity contribution is -0.128. The summed E-state index contributed by atoms with van der Waals surface area (Å²) in [5.74, 6) is 0.498. The number of piperazine rings is 1. The topological polar surface area (TPSA) is 113 Å². The van der Waals surface area contributed by atoms with Crippen molar-refractivity contribution in [3.63, 3.8) is 0 Å². The standard InChI is InChI=1S/C16H17ClN6O3/c1-9(21-12-6-11(18)19-7-20-12)5-10(17)13-14(25)23-15(2)16(23,3-4-26-15)22(13)8-24/h5-8H,3-4H2,1-2H3,(H3,18,19,20,21)/b9-5+,13-10+. The number of amides is 2. The molecule has 4 rings (SSSR count). The SMILES string of the molecule is C/C(=C\C(Cl)=C1\C(=O)N2C3(C)OCCC23N1C=O)Nc1cc(N)ncn1. The van der Waals surface area contributed by atoms with Crippen molar-refractivity contribution in [2.75, 3.05) is 17.7 Å². The van der Waals surface area contributed by atoms with Crippen molar-refractivity contribution in [3.8, 4) is 0 Å². The minimum atomic E-state index is -0.763. The van der Waals surface area contributed by atoms with Gasteiger partial charge in [0.25, 0.3) is 5.91 Å². The molecule has 3 aliphatic heterocycles. The second-order valence-electron chi connectivity index (χ2n) is 6.49. The summed E-state index contributed by atoms with van der Waals surface area (Å²) in [6.45, 7) is 4.05. The van der Waals surface area contributed by atoms with Gasteiger partial charge in [-0.25, -0.2) is 9.97 Å². The number of rotatable bonds is 4. The Hall–Kier alpha value is -2.65. The minimum absolute atomic E-state index is 0.146. The smallest absolute Gasteiger partial charge is 0.276 e. The molecule has 2 amide bonds. The zero-order chi connectivity index (χ0) is 18.7. The Labute approximate surface area is 154 Å². The number of hydrogen-bond acceptors (Lipinski definition) is 7. The molecule has 3 aliphatic rings. The third-order valence-corrected chi connectivity index (χ3v) is 5.34. The molecule has 1 aromatic heterocycles. The molecule has 3 N–H and O–H groups in total. The summed E-state index contributed by atoms with van der Waals surface area (Å²) < 4.78 is 5.66. The quantitative estimate of drug-likeness (QED) is 0.457. The van der Waals surface area contributed by atoms with Crippen molar-refractivity contribution in [2.24, 2.45) is 0 Å². The average Bonchev–Trinajstić information content (AvgIpc) is 2.82. The summed E-state index contributed by atoms with van der Waals surface area (Å²) in [6.07, 6.45) is 4.10. The van der Waals surface area contributed by atoms with E-state index in [0.29, 0.717) is 36.8 Å². The van der Waals surface area contributed by atoms with Gasteiger partial charge in [0, 0.05) is 18.2 Å². The van der Waals surface area contributed by atoms with Crippen LogP contribution in [0.25, 0.3) is 0 Å². The van der Waals surface area contributed by atoms with Gasteiger partial charge < -0.3 is 15.8 Å². The van der Waals surface area contributed by atoms with E-state index in [1.807, 2.05) is 0 Å². The van der Waals surface area contributed by atoms with Crippen LogP contribution in [0.15, 0.2) is 34.9 Å². The number of ether oxygens (including phenoxy) is 1. The Kier molecular flexibility index (Phi) is 3.50. The molecule has 9 nitrogen and oxygen atoms in total. The lowest BCUT2D eigenvalue weighted by Crippen LogP contribution is -2.39. The minimum Gasteiger partial charge on any atom is -0.384 e. The third-order valence-electron chi connectivity index (χ3n) is 5.06. The molecular formula is C16H17ClN6O3. The highest BCUT2D eigenvalue weighted by atomic mass is 35.5. The number of halogens is 1. The van der Waals surface area contributed by atoms with Crippen molar-refractivity contribution in [3.05, 3.63) is 34.9 Å². The highest BCUT2D eigenvalue weighted by Crippen LogP contribution is 2.65. The van der Waals surface area contributed by atoms with Gasteiger partial charge >= 0.3 is 0 Å². The van der Waals surface area contributed by atoms with E-state index in [2.05, 4.69) is 15.3 Å². The van der Waals surface area contributed by atoms with E-state index < -0.39 is 11.4 Å². The Morgan fingerprint density at radius 2 is 2.27 bits per heavy atom. The normalized spacial score (nSPS) is 31.7. The maximum absolute atomic E-state index is 12.8. The summed E-state index contributed by atoms with van der Waals surface area (Å²) in [5, 5.41) is 3.17. The van der Waals surface area contributed by atoms with Crippen molar-refractivity contribution in [1.29, 1.82) is 0 Å². The van der Waals surface area contributed by atoms with E-state index in [9.17, 15) is 9.59 Å². The highest BCUT2D eigenvalue weighted by molar-refractivity contribution is 6.34. The summed E-state index contributed by atoms with van der Waals surface area (Å²) >= 11 is 6.38. The first kappa shape index (κ1) is 16.8. The molecule has 1 spiro atoms. The largest absolute Gasteiger partial charge is 0.384 e. The first-order chi connectivity index (χ1) is 12.3. The number of fused-ring (bicyclic) bond motifs is 1. The number of anilines is 2. The van der Waals surface area contributed by atoms with E-state index in [0.717, 1.165) is 0 Å². The first-order valence-corrected chi connectivity index (χ1v) is 8.39. The molecular weight excluding hydrogens is 360 g/mol. The van der Waals surface area contributed by atoms with Crippen LogP contribution in [0.1, 0.15) is 20.3 Å². The Morgan fingerprint density at radius 1 is 1.50 bits per heavy atom. The van der Waals surface area contributed by atoms with Gasteiger partial charge in [-0.1, -0.05) is 11.6 Å². The molecule has 0 aromatic carbocycles. The summed E-state index contributed by atoms with van der Waals surface area (Å²) in [5.41, 5.74) is 4.87. The van der Waals surface area contributed by atoms with Crippen LogP contribution in [0.4, 0.5) is 11.6 Å². The third kappa shape index (κ3) is 2.01. The van der Waals surface area contributed by atoms with Crippen LogP contribution < -0.4 is 11.1 Å². The molecule has 136 valence electrons. The van der Waals surface area contributed by atoms with Crippen LogP contribution in [-0.4, -0.2) is 50.1 Å². The van der Waals surface area contributed by atoms with E-state index in [1.165, 1.54) is 11.2 Å². The molecule has 26 heavy (non-hydrogen) atoms. The number of aromatic nitrogens is 2. The van der Waals surface area contributed by atoms with Crippen molar-refractivity contribution in [1.82, 2.24) is 19.8 Å². The molecule has 3 saturated heterocycles. The highest BCUT2D eigenvalue weighted by Gasteiger charge is 2.86. The number of nitrogens with two attached hydrogens (primary N) is 1. The molecule has 3 fully saturated rings. The van der Waals surface area contributed by atoms with Gasteiger partial charge in [-0.3, -0.25) is 19.4 Å². The lowest BCUT2D eigenvalue weighted by atomic mass is 10.1. The maximum atomic E-state index is 12.8. The lowest BCUT2D eigenvalue weighted by Gasteiger charge is -2.22. The van der Waals surface area contributed by atoms with Crippen molar-refractivity contribution < 1.29 is 14.3 Å². The van der Waals surface area contributed by atoms with Gasteiger partial charge in [0.1, 0.15) is 23.7 Å². The van der Waals surface area contributed by atoms with Crippen LogP contribution in [-0.2, 0) is 14.3 Å². The molecule has 2 atom stereocenters. The van der Waals surface area contributed by atoms with Gasteiger partial charge in [0.05, 0.1) is 11.6 Å². The molecule has 4 heterocycles. The zero-order valence-electron chi connectivity index (χ0n) is 14.2. The second kappa shape index (κ2) is 5.42. The van der Waals surface area contributed by atoms with Crippen LogP contribution in [0, 0.1) is 0 Å². The number of allylic oxidation sites excluding steroid dienone is 3. The summed E-state index contributed by atoms with van der Waals surface area (Å²) in [7, 11) is 0. The Morgan fingerprint density at radius 3 is 2.96 bits per heavy atom. The van der Waals surface area contributed by atoms with Gasteiger partial charge in [0.2, 0.25) is 6.41 Å². The summed E-state index contributed by atoms with van der Waals surface area (Å²) in [6, 6.07) is 1.57. The molecule has 0 bridgehead atoms. The van der Waals surface area contributed by atoms with Gasteiger partial charge in [-0.15, -0.1) is 0 Å². The monoisotopic (exact) mass is 376 g/mol. The Bertz CT molecular complexity index is 886. The fraction of sp³-hybridized carbons (Fsp3) is 0.375. The number of carbonyl (C=O) groups excluding carboxylic acids is 2. The molecule has 0 aliphatic carbocycles. The Balaban J connectivity index is 1.64. The number of hydrogen-bond donors (Lipinski definition) is 2. The van der Waals surface area contributed by atoms with Gasteiger partial charge in [-0.2, -0.15) is 0 Å². The number of nitrogen functional groups attached to an aromatic ring is 1. The average molecular weight is 377 g/mol. The molecule has 1 aromatic rings. The summed E-state index contributed by atoms with van der Waals surface area (Å²) in [4.78, 5) is 35.3. The van der Waals surface area contributed by atoms with Crippen LogP contribution in [0.2, 0.25) is 0 Å². The molecule has 0 saturated carbocycles. The predicted molar refractivity (Wildman–Crippen MR) is 93.2 cm³/mol. The fourth-order valence-corrected chi connectivity index (χ4v) is 4.25. The second-order valence-corrected chi connectivity index (χ2v) is 6.90. The predicted octanol–water partition coefficient (Wildman–Crippen LogP) is 0.972.